The summed E-state index contributed by atoms with van der Waals surface area (Å²) in [5.41, 5.74) is 8.69. The van der Waals surface area contributed by atoms with Crippen LogP contribution in [0, 0.1) is 13.8 Å². The van der Waals surface area contributed by atoms with Gasteiger partial charge in [0.05, 0.1) is 41.0 Å². The van der Waals surface area contributed by atoms with E-state index in [1.807, 2.05) is 39.8 Å². The van der Waals surface area contributed by atoms with Crippen molar-refractivity contribution in [1.29, 1.82) is 0 Å². The third-order valence-electron chi connectivity index (χ3n) is 8.67. The van der Waals surface area contributed by atoms with Crippen LogP contribution in [0.2, 0.25) is 0 Å². The van der Waals surface area contributed by atoms with Gasteiger partial charge in [0.15, 0.2) is 0 Å². The fourth-order valence-electron chi connectivity index (χ4n) is 6.32. The predicted octanol–water partition coefficient (Wildman–Crippen LogP) is 6.60. The van der Waals surface area contributed by atoms with Gasteiger partial charge < -0.3 is 25.3 Å². The number of carboxylic acid groups (broad SMARTS) is 3. The molecule has 222 valence electrons. The normalized spacial score (nSPS) is 16.4. The zero-order valence-corrected chi connectivity index (χ0v) is 24.8. The van der Waals surface area contributed by atoms with Crippen LogP contribution in [0.15, 0.2) is 24.8 Å². The Bertz CT molecular complexity index is 1930. The molecule has 0 aliphatic carbocycles. The first kappa shape index (κ1) is 29.5. The summed E-state index contributed by atoms with van der Waals surface area (Å²) >= 11 is 0. The number of H-pyrrole nitrogens is 2. The first-order valence-corrected chi connectivity index (χ1v) is 14.1. The molecule has 10 nitrogen and oxygen atoms in total. The van der Waals surface area contributed by atoms with Gasteiger partial charge >= 0.3 is 17.9 Å². The number of rotatable bonds is 7. The first-order valence-electron chi connectivity index (χ1n) is 14.1. The smallest absolute Gasteiger partial charge is 0.338 e. The van der Waals surface area contributed by atoms with Crippen LogP contribution in [0.25, 0.3) is 39.3 Å². The summed E-state index contributed by atoms with van der Waals surface area (Å²) in [7, 11) is 0. The van der Waals surface area contributed by atoms with E-state index in [0.717, 1.165) is 39.0 Å². The lowest BCUT2D eigenvalue weighted by Crippen LogP contribution is -2.13. The van der Waals surface area contributed by atoms with E-state index in [1.54, 1.807) is 19.1 Å². The van der Waals surface area contributed by atoms with Crippen LogP contribution in [-0.2, 0) is 16.0 Å². The molecule has 1 unspecified atom stereocenters. The minimum Gasteiger partial charge on any atom is -0.481 e. The number of aryl methyl sites for hydroxylation is 2. The number of hydrogen-bond donors (Lipinski definition) is 5. The van der Waals surface area contributed by atoms with Gasteiger partial charge in [-0.2, -0.15) is 0 Å². The number of nitrogens with one attached hydrogen (secondary N) is 2. The summed E-state index contributed by atoms with van der Waals surface area (Å²) in [4.78, 5) is 53.2. The number of hydrogen-bond acceptors (Lipinski definition) is 5. The number of aliphatic carboxylic acids is 2. The van der Waals surface area contributed by atoms with Gasteiger partial charge in [-0.05, 0) is 67.7 Å². The second-order valence-electron chi connectivity index (χ2n) is 11.2. The van der Waals surface area contributed by atoms with E-state index in [2.05, 4.69) is 16.5 Å². The maximum atomic E-state index is 12.6. The molecule has 8 bridgehead atoms. The molecule has 5 N–H and O–H groups in total. The minimum absolute atomic E-state index is 0.0816. The lowest BCUT2D eigenvalue weighted by atomic mass is 9.86. The molecule has 5 heterocycles. The molecular formula is C33H34N4O6. The maximum absolute atomic E-state index is 12.6. The number of aromatic amines is 2. The number of allylic oxidation sites excluding steroid dienone is 2. The van der Waals surface area contributed by atoms with Crippen LogP contribution in [-0.4, -0.2) is 53.2 Å². The second-order valence-corrected chi connectivity index (χ2v) is 11.2. The molecule has 3 aromatic rings. The van der Waals surface area contributed by atoms with Gasteiger partial charge in [0.25, 0.3) is 0 Å². The van der Waals surface area contributed by atoms with E-state index in [9.17, 15) is 29.7 Å². The molecule has 0 saturated heterocycles. The molecule has 43 heavy (non-hydrogen) atoms. The van der Waals surface area contributed by atoms with E-state index in [1.165, 1.54) is 0 Å². The molecule has 0 fully saturated rings. The van der Waals surface area contributed by atoms with Crippen molar-refractivity contribution in [2.75, 3.05) is 0 Å². The van der Waals surface area contributed by atoms with Gasteiger partial charge in [-0.15, -0.1) is 0 Å². The summed E-state index contributed by atoms with van der Waals surface area (Å²) < 4.78 is 0. The molecule has 0 amide bonds. The van der Waals surface area contributed by atoms with Gasteiger partial charge in [0.1, 0.15) is 0 Å². The van der Waals surface area contributed by atoms with Crippen LogP contribution in [0.3, 0.4) is 0 Å². The van der Waals surface area contributed by atoms with E-state index in [0.29, 0.717) is 28.9 Å². The Hall–Kier alpha value is -4.99. The van der Waals surface area contributed by atoms with Crippen LogP contribution in [0.1, 0.15) is 101 Å². The number of carboxylic acids is 3. The molecule has 0 saturated carbocycles. The van der Waals surface area contributed by atoms with Crippen molar-refractivity contribution in [1.82, 2.24) is 19.9 Å². The summed E-state index contributed by atoms with van der Waals surface area (Å²) in [5, 5.41) is 30.1. The Kier molecular flexibility index (Phi) is 7.56. The molecule has 2 aliphatic rings. The molecule has 0 radical (unpaired) electrons. The highest BCUT2D eigenvalue weighted by molar-refractivity contribution is 6.02. The maximum Gasteiger partial charge on any atom is 0.338 e. The predicted molar refractivity (Wildman–Crippen MR) is 165 cm³/mol. The average Bonchev–Trinajstić information content (AvgIpc) is 3.60. The standard InChI is InChI=1S/C33H34N4O6/c1-7-18-14(3)22-11-24-16(5)20(9-28(38)39)31(36-24)21(10-29(40)41)32-30(33(42)43)17(6)25(37-32)13-27-19(8-2)15(4)23(35-27)12-26(18)34-22/h7,11-13,16,20,34,37H,1,8-10H2,2-6H3,(H,38,39)(H,40,41)(H,42,43)/t16-,20?/m0/s1. The Labute approximate surface area is 247 Å². The SMILES string of the molecule is C=Cc1c(C)c2cc3nc(c(CC(=O)O)c4[nH]c(cc5nc(cc1[nH]2)C(C)=C5CC)c(C)c4C(=O)O)C(CC(=O)O)[C@@H]3C. The van der Waals surface area contributed by atoms with E-state index >= 15 is 0 Å². The van der Waals surface area contributed by atoms with E-state index < -0.39 is 36.2 Å². The van der Waals surface area contributed by atoms with Crippen LogP contribution >= 0.6 is 0 Å². The summed E-state index contributed by atoms with van der Waals surface area (Å²) in [6, 6.07) is 5.61. The molecule has 2 aliphatic heterocycles. The van der Waals surface area contributed by atoms with Gasteiger partial charge in [-0.3, -0.25) is 14.6 Å². The highest BCUT2D eigenvalue weighted by Crippen LogP contribution is 2.42. The number of aromatic nitrogens is 4. The number of fused-ring (bicyclic) bond motifs is 8. The summed E-state index contributed by atoms with van der Waals surface area (Å²) in [5.74, 6) is -4.56. The Morgan fingerprint density at radius 1 is 0.930 bits per heavy atom. The zero-order chi connectivity index (χ0) is 31.3. The second kappa shape index (κ2) is 11.0. The number of aromatic carboxylic acids is 1. The van der Waals surface area contributed by atoms with Gasteiger partial charge in [0.2, 0.25) is 0 Å². The molecule has 10 heteroatoms. The quantitative estimate of drug-likeness (QED) is 0.207. The van der Waals surface area contributed by atoms with Gasteiger partial charge in [-0.1, -0.05) is 26.5 Å². The van der Waals surface area contributed by atoms with Crippen molar-refractivity contribution in [2.24, 2.45) is 0 Å². The lowest BCUT2D eigenvalue weighted by molar-refractivity contribution is -0.137. The topological polar surface area (TPSA) is 169 Å². The van der Waals surface area contributed by atoms with E-state index in [4.69, 9.17) is 9.97 Å². The average molecular weight is 583 g/mol. The largest absolute Gasteiger partial charge is 0.481 e. The third-order valence-corrected chi connectivity index (χ3v) is 8.67. The lowest BCUT2D eigenvalue weighted by Gasteiger charge is -2.15. The van der Waals surface area contributed by atoms with Crippen molar-refractivity contribution in [3.8, 4) is 0 Å². The third kappa shape index (κ3) is 5.03. The summed E-state index contributed by atoms with van der Waals surface area (Å²) in [6.45, 7) is 13.5. The van der Waals surface area contributed by atoms with E-state index in [-0.39, 0.29) is 28.8 Å². The van der Waals surface area contributed by atoms with Crippen LogP contribution in [0.5, 0.6) is 0 Å². The Morgan fingerprint density at radius 3 is 2.21 bits per heavy atom. The molecular weight excluding hydrogens is 548 g/mol. The highest BCUT2D eigenvalue weighted by Gasteiger charge is 2.34. The molecule has 0 spiro atoms. The molecule has 2 atom stereocenters. The van der Waals surface area contributed by atoms with Crippen molar-refractivity contribution in [3.05, 3.63) is 75.4 Å². The summed E-state index contributed by atoms with van der Waals surface area (Å²) in [6.07, 6.45) is 1.61. The fourth-order valence-corrected chi connectivity index (χ4v) is 6.32. The van der Waals surface area contributed by atoms with Crippen molar-refractivity contribution in [3.63, 3.8) is 0 Å². The number of carbonyl (C=O) groups is 3. The Morgan fingerprint density at radius 2 is 1.60 bits per heavy atom. The van der Waals surface area contributed by atoms with Crippen molar-refractivity contribution in [2.45, 2.75) is 65.7 Å². The zero-order valence-electron chi connectivity index (χ0n) is 24.8. The molecule has 5 rings (SSSR count). The van der Waals surface area contributed by atoms with Crippen LogP contribution in [0.4, 0.5) is 0 Å². The van der Waals surface area contributed by atoms with Crippen molar-refractivity contribution >= 4 is 57.2 Å². The molecule has 3 aromatic heterocycles. The van der Waals surface area contributed by atoms with Crippen LogP contribution < -0.4 is 0 Å². The first-order chi connectivity index (χ1) is 20.4. The highest BCUT2D eigenvalue weighted by atomic mass is 16.4. The Balaban J connectivity index is 2.07. The number of nitrogens with zero attached hydrogens (tertiary/aromatic N) is 2. The van der Waals surface area contributed by atoms with Gasteiger partial charge in [0, 0.05) is 45.2 Å². The molecule has 0 aromatic carbocycles. The fraction of sp³-hybridized carbons (Fsp3) is 0.303. The van der Waals surface area contributed by atoms with Gasteiger partial charge in [-0.25, -0.2) is 9.78 Å². The van der Waals surface area contributed by atoms with Crippen molar-refractivity contribution < 1.29 is 29.7 Å². The minimum atomic E-state index is -1.23. The monoisotopic (exact) mass is 582 g/mol.